The van der Waals surface area contributed by atoms with Gasteiger partial charge in [0.05, 0.1) is 17.9 Å². The number of nitrogens with one attached hydrogen (secondary N) is 1. The average Bonchev–Trinajstić information content (AvgIpc) is 2.42. The van der Waals surface area contributed by atoms with Crippen molar-refractivity contribution in [2.45, 2.75) is 6.92 Å². The Morgan fingerprint density at radius 1 is 1.29 bits per heavy atom. The molecule has 0 heterocycles. The zero-order chi connectivity index (χ0) is 15.4. The molecule has 110 valence electrons. The van der Waals surface area contributed by atoms with Gasteiger partial charge in [-0.05, 0) is 42.8 Å². The molecule has 2 rings (SSSR count). The predicted octanol–water partition coefficient (Wildman–Crippen LogP) is 2.79. The van der Waals surface area contributed by atoms with Crippen LogP contribution in [0.15, 0.2) is 42.5 Å². The Bertz CT molecular complexity index is 658. The fourth-order valence-corrected chi connectivity index (χ4v) is 2.00. The number of nitrogens with two attached hydrogens (primary N) is 1. The third-order valence-corrected chi connectivity index (χ3v) is 3.11. The van der Waals surface area contributed by atoms with Gasteiger partial charge in [-0.3, -0.25) is 4.79 Å². The van der Waals surface area contributed by atoms with Crippen molar-refractivity contribution in [2.24, 2.45) is 0 Å². The Hall–Kier alpha value is -2.56. The van der Waals surface area contributed by atoms with Crippen molar-refractivity contribution in [1.82, 2.24) is 0 Å². The maximum absolute atomic E-state index is 13.2. The molecular weight excluding hydrogens is 269 g/mol. The topological polar surface area (TPSA) is 58.4 Å². The van der Waals surface area contributed by atoms with Gasteiger partial charge in [-0.25, -0.2) is 4.39 Å². The van der Waals surface area contributed by atoms with Gasteiger partial charge < -0.3 is 16.0 Å². The van der Waals surface area contributed by atoms with Gasteiger partial charge in [0.2, 0.25) is 5.91 Å². The third-order valence-electron chi connectivity index (χ3n) is 3.11. The van der Waals surface area contributed by atoms with E-state index in [9.17, 15) is 9.18 Å². The smallest absolute Gasteiger partial charge is 0.243 e. The zero-order valence-electron chi connectivity index (χ0n) is 12.1. The molecule has 3 N–H and O–H groups in total. The van der Waals surface area contributed by atoms with Crippen LogP contribution in [0.25, 0.3) is 0 Å². The van der Waals surface area contributed by atoms with Crippen LogP contribution in [-0.2, 0) is 4.79 Å². The molecule has 0 radical (unpaired) electrons. The van der Waals surface area contributed by atoms with Crippen molar-refractivity contribution in [2.75, 3.05) is 29.5 Å². The first-order chi connectivity index (χ1) is 9.95. The van der Waals surface area contributed by atoms with Crippen LogP contribution in [0.3, 0.4) is 0 Å². The zero-order valence-corrected chi connectivity index (χ0v) is 12.1. The van der Waals surface area contributed by atoms with Crippen LogP contribution in [0.2, 0.25) is 0 Å². The van der Waals surface area contributed by atoms with Crippen LogP contribution in [0.5, 0.6) is 0 Å². The molecule has 0 saturated carbocycles. The van der Waals surface area contributed by atoms with Crippen LogP contribution in [-0.4, -0.2) is 19.5 Å². The number of nitrogens with zero attached hydrogens (tertiary/aromatic N) is 1. The second-order valence-corrected chi connectivity index (χ2v) is 4.97. The van der Waals surface area contributed by atoms with Crippen LogP contribution >= 0.6 is 0 Å². The largest absolute Gasteiger partial charge is 0.397 e. The van der Waals surface area contributed by atoms with E-state index in [4.69, 9.17) is 5.73 Å². The lowest BCUT2D eigenvalue weighted by Gasteiger charge is -2.19. The summed E-state index contributed by atoms with van der Waals surface area (Å²) in [5.74, 6) is -0.692. The minimum absolute atomic E-state index is 0.152. The maximum Gasteiger partial charge on any atom is 0.243 e. The number of likely N-dealkylation sites (N-methyl/N-ethyl adjacent to an activating group) is 1. The van der Waals surface area contributed by atoms with Crippen molar-refractivity contribution in [3.63, 3.8) is 0 Å². The monoisotopic (exact) mass is 287 g/mol. The molecule has 0 aliphatic rings. The molecule has 2 aromatic carbocycles. The number of halogens is 1. The fourth-order valence-electron chi connectivity index (χ4n) is 2.00. The van der Waals surface area contributed by atoms with Crippen molar-refractivity contribution >= 4 is 23.0 Å². The number of carbonyl (C=O) groups is 1. The molecule has 0 spiro atoms. The number of hydrogen-bond donors (Lipinski definition) is 2. The van der Waals surface area contributed by atoms with E-state index in [1.807, 2.05) is 43.1 Å². The fraction of sp³-hybridized carbons (Fsp3) is 0.188. The van der Waals surface area contributed by atoms with Gasteiger partial charge >= 0.3 is 0 Å². The normalized spacial score (nSPS) is 10.2. The molecule has 5 heteroatoms. The van der Waals surface area contributed by atoms with E-state index >= 15 is 0 Å². The first-order valence-corrected chi connectivity index (χ1v) is 6.58. The van der Waals surface area contributed by atoms with Crippen molar-refractivity contribution in [3.05, 3.63) is 53.8 Å². The van der Waals surface area contributed by atoms with E-state index in [2.05, 4.69) is 5.32 Å². The second kappa shape index (κ2) is 6.26. The van der Waals surface area contributed by atoms with E-state index in [0.717, 1.165) is 11.3 Å². The summed E-state index contributed by atoms with van der Waals surface area (Å²) in [6.07, 6.45) is 0. The number of carbonyl (C=O) groups excluding carboxylic acids is 1. The summed E-state index contributed by atoms with van der Waals surface area (Å²) < 4.78 is 13.2. The van der Waals surface area contributed by atoms with Gasteiger partial charge in [-0.1, -0.05) is 12.1 Å². The van der Waals surface area contributed by atoms with Gasteiger partial charge in [-0.15, -0.1) is 0 Å². The van der Waals surface area contributed by atoms with Gasteiger partial charge in [0.15, 0.2) is 0 Å². The quantitative estimate of drug-likeness (QED) is 0.850. The first-order valence-electron chi connectivity index (χ1n) is 6.58. The molecule has 21 heavy (non-hydrogen) atoms. The van der Waals surface area contributed by atoms with Crippen molar-refractivity contribution < 1.29 is 9.18 Å². The summed E-state index contributed by atoms with van der Waals surface area (Å²) in [7, 11) is 1.82. The van der Waals surface area contributed by atoms with Crippen LogP contribution in [0.1, 0.15) is 5.56 Å². The summed E-state index contributed by atoms with van der Waals surface area (Å²) in [4.78, 5) is 13.8. The maximum atomic E-state index is 13.2. The minimum Gasteiger partial charge on any atom is -0.397 e. The van der Waals surface area contributed by atoms with E-state index in [1.165, 1.54) is 18.2 Å². The predicted molar refractivity (Wildman–Crippen MR) is 83.9 cm³/mol. The molecule has 0 unspecified atom stereocenters. The van der Waals surface area contributed by atoms with E-state index in [0.29, 0.717) is 5.69 Å². The first kappa shape index (κ1) is 14.8. The molecule has 0 saturated heterocycles. The summed E-state index contributed by atoms with van der Waals surface area (Å²) in [6.45, 7) is 2.14. The number of rotatable bonds is 4. The van der Waals surface area contributed by atoms with E-state index in [1.54, 1.807) is 0 Å². The van der Waals surface area contributed by atoms with Crippen LogP contribution in [0, 0.1) is 12.7 Å². The number of nitrogen functional groups attached to an aromatic ring is 1. The Balaban J connectivity index is 2.03. The van der Waals surface area contributed by atoms with Crippen molar-refractivity contribution in [1.29, 1.82) is 0 Å². The molecule has 1 amide bonds. The number of benzene rings is 2. The summed E-state index contributed by atoms with van der Waals surface area (Å²) in [5.41, 5.74) is 8.39. The molecule has 0 aliphatic carbocycles. The lowest BCUT2D eigenvalue weighted by atomic mass is 10.2. The highest BCUT2D eigenvalue weighted by molar-refractivity contribution is 5.96. The summed E-state index contributed by atoms with van der Waals surface area (Å²) in [5, 5.41) is 2.62. The third kappa shape index (κ3) is 3.95. The van der Waals surface area contributed by atoms with Gasteiger partial charge in [0.25, 0.3) is 0 Å². The molecule has 0 fully saturated rings. The molecule has 2 aromatic rings. The van der Waals surface area contributed by atoms with Crippen molar-refractivity contribution in [3.8, 4) is 0 Å². The van der Waals surface area contributed by atoms with Gasteiger partial charge in [0.1, 0.15) is 5.82 Å². The highest BCUT2D eigenvalue weighted by Crippen LogP contribution is 2.19. The lowest BCUT2D eigenvalue weighted by Crippen LogP contribution is -2.30. The Morgan fingerprint density at radius 3 is 2.76 bits per heavy atom. The van der Waals surface area contributed by atoms with Gasteiger partial charge in [0, 0.05) is 12.7 Å². The number of hydrogen-bond acceptors (Lipinski definition) is 3. The Morgan fingerprint density at radius 2 is 2.05 bits per heavy atom. The number of aryl methyl sites for hydroxylation is 1. The molecule has 0 aromatic heterocycles. The van der Waals surface area contributed by atoms with E-state index in [-0.39, 0.29) is 18.1 Å². The Labute approximate surface area is 123 Å². The molecular formula is C16H18FN3O. The lowest BCUT2D eigenvalue weighted by molar-refractivity contribution is -0.114. The minimum atomic E-state index is -0.438. The highest BCUT2D eigenvalue weighted by atomic mass is 19.1. The molecule has 0 atom stereocenters. The Kier molecular flexibility index (Phi) is 4.42. The molecule has 0 aliphatic heterocycles. The molecule has 4 nitrogen and oxygen atoms in total. The van der Waals surface area contributed by atoms with E-state index < -0.39 is 5.82 Å². The van der Waals surface area contributed by atoms with Crippen LogP contribution in [0.4, 0.5) is 21.5 Å². The highest BCUT2D eigenvalue weighted by Gasteiger charge is 2.10. The second-order valence-electron chi connectivity index (χ2n) is 4.97. The molecule has 0 bridgehead atoms. The summed E-state index contributed by atoms with van der Waals surface area (Å²) >= 11 is 0. The average molecular weight is 287 g/mol. The summed E-state index contributed by atoms with van der Waals surface area (Å²) in [6, 6.07) is 11.7. The SMILES string of the molecule is Cc1cccc(N(C)CC(=O)Nc2cc(F)ccc2N)c1. The number of amides is 1. The van der Waals surface area contributed by atoms with Crippen LogP contribution < -0.4 is 16.0 Å². The standard InChI is InChI=1S/C16H18FN3O/c1-11-4-3-5-13(8-11)20(2)10-16(21)19-15-9-12(17)6-7-14(15)18/h3-9H,10,18H2,1-2H3,(H,19,21). The van der Waals surface area contributed by atoms with Gasteiger partial charge in [-0.2, -0.15) is 0 Å². The number of anilines is 3.